The number of ether oxygens (including phenoxy) is 2. The largest absolute Gasteiger partial charge is 0.493 e. The van der Waals surface area contributed by atoms with Gasteiger partial charge >= 0.3 is 6.18 Å². The van der Waals surface area contributed by atoms with Crippen LogP contribution in [0.1, 0.15) is 31.4 Å². The Hall–Kier alpha value is -1.74. The first-order valence-electron chi connectivity index (χ1n) is 5.99. The van der Waals surface area contributed by atoms with Gasteiger partial charge in [0.2, 0.25) is 0 Å². The van der Waals surface area contributed by atoms with E-state index >= 15 is 0 Å². The lowest BCUT2D eigenvalue weighted by atomic mass is 10.1. The van der Waals surface area contributed by atoms with Crippen molar-refractivity contribution in [2.45, 2.75) is 32.0 Å². The molecule has 0 heterocycles. The Balaban J connectivity index is 2.88. The summed E-state index contributed by atoms with van der Waals surface area (Å²) in [4.78, 5) is 0. The third-order valence-electron chi connectivity index (χ3n) is 2.93. The number of nitrogens with zero attached hydrogens (tertiary/aromatic N) is 1. The predicted molar refractivity (Wildman–Crippen MR) is 67.4 cm³/mol. The highest BCUT2D eigenvalue weighted by molar-refractivity contribution is 5.43. The van der Waals surface area contributed by atoms with E-state index < -0.39 is 17.3 Å². The van der Waals surface area contributed by atoms with Crippen LogP contribution in [0.3, 0.4) is 0 Å². The SMILES string of the molecule is COC(C)(C)CCOc1ccc(C#N)cc1C(F)(F)F. The fourth-order valence-corrected chi connectivity index (χ4v) is 1.46. The molecule has 0 aliphatic rings. The molecule has 0 bridgehead atoms. The number of halogens is 3. The minimum Gasteiger partial charge on any atom is -0.493 e. The van der Waals surface area contributed by atoms with Gasteiger partial charge in [-0.1, -0.05) is 0 Å². The lowest BCUT2D eigenvalue weighted by Gasteiger charge is -2.23. The zero-order valence-corrected chi connectivity index (χ0v) is 11.5. The second-order valence-electron chi connectivity index (χ2n) is 4.88. The van der Waals surface area contributed by atoms with Crippen molar-refractivity contribution in [3.63, 3.8) is 0 Å². The summed E-state index contributed by atoms with van der Waals surface area (Å²) < 4.78 is 49.0. The Morgan fingerprint density at radius 3 is 2.40 bits per heavy atom. The third-order valence-corrected chi connectivity index (χ3v) is 2.93. The van der Waals surface area contributed by atoms with Crippen LogP contribution >= 0.6 is 0 Å². The summed E-state index contributed by atoms with van der Waals surface area (Å²) in [6.07, 6.45) is -4.11. The molecule has 20 heavy (non-hydrogen) atoms. The third kappa shape index (κ3) is 4.42. The highest BCUT2D eigenvalue weighted by Crippen LogP contribution is 2.37. The maximum atomic E-state index is 12.9. The van der Waals surface area contributed by atoms with Gasteiger partial charge in [0.15, 0.2) is 0 Å². The maximum Gasteiger partial charge on any atom is 0.420 e. The Kier molecular flexibility index (Phi) is 5.01. The van der Waals surface area contributed by atoms with Gasteiger partial charge in [-0.2, -0.15) is 18.4 Å². The smallest absolute Gasteiger partial charge is 0.420 e. The summed E-state index contributed by atoms with van der Waals surface area (Å²) in [5.41, 5.74) is -1.46. The van der Waals surface area contributed by atoms with Crippen LogP contribution in [0.4, 0.5) is 13.2 Å². The molecule has 110 valence electrons. The summed E-state index contributed by atoms with van der Waals surface area (Å²) >= 11 is 0. The number of hydrogen-bond acceptors (Lipinski definition) is 3. The van der Waals surface area contributed by atoms with Crippen LogP contribution in [-0.4, -0.2) is 19.3 Å². The number of hydrogen-bond donors (Lipinski definition) is 0. The molecule has 0 saturated carbocycles. The molecule has 3 nitrogen and oxygen atoms in total. The molecule has 0 aliphatic heterocycles. The van der Waals surface area contributed by atoms with Crippen molar-refractivity contribution in [3.8, 4) is 11.8 Å². The Morgan fingerprint density at radius 1 is 1.25 bits per heavy atom. The van der Waals surface area contributed by atoms with Gasteiger partial charge in [-0.15, -0.1) is 0 Å². The van der Waals surface area contributed by atoms with Crippen LogP contribution in [0.5, 0.6) is 5.75 Å². The fourth-order valence-electron chi connectivity index (χ4n) is 1.46. The quantitative estimate of drug-likeness (QED) is 0.827. The van der Waals surface area contributed by atoms with E-state index in [-0.39, 0.29) is 17.9 Å². The lowest BCUT2D eigenvalue weighted by molar-refractivity contribution is -0.139. The van der Waals surface area contributed by atoms with Crippen LogP contribution in [-0.2, 0) is 10.9 Å². The van der Waals surface area contributed by atoms with Gasteiger partial charge in [0.1, 0.15) is 5.75 Å². The summed E-state index contributed by atoms with van der Waals surface area (Å²) in [5.74, 6) is -0.275. The number of rotatable bonds is 5. The van der Waals surface area contributed by atoms with Crippen LogP contribution in [0.2, 0.25) is 0 Å². The predicted octanol–water partition coefficient (Wildman–Crippen LogP) is 3.77. The average molecular weight is 287 g/mol. The molecule has 0 unspecified atom stereocenters. The molecule has 0 N–H and O–H groups in total. The first-order valence-corrected chi connectivity index (χ1v) is 5.99. The van der Waals surface area contributed by atoms with E-state index in [0.717, 1.165) is 6.07 Å². The Labute approximate surface area is 115 Å². The molecule has 6 heteroatoms. The van der Waals surface area contributed by atoms with E-state index in [0.29, 0.717) is 6.42 Å². The van der Waals surface area contributed by atoms with E-state index in [2.05, 4.69) is 0 Å². The number of benzene rings is 1. The van der Waals surface area contributed by atoms with Crippen molar-refractivity contribution < 1.29 is 22.6 Å². The summed E-state index contributed by atoms with van der Waals surface area (Å²) in [6, 6.07) is 4.93. The summed E-state index contributed by atoms with van der Waals surface area (Å²) in [7, 11) is 1.53. The van der Waals surface area contributed by atoms with E-state index in [4.69, 9.17) is 14.7 Å². The molecular formula is C14H16F3NO2. The highest BCUT2D eigenvalue weighted by Gasteiger charge is 2.34. The van der Waals surface area contributed by atoms with Crippen molar-refractivity contribution in [2.75, 3.05) is 13.7 Å². The molecule has 0 aromatic heterocycles. The summed E-state index contributed by atoms with van der Waals surface area (Å²) in [5, 5.41) is 8.66. The van der Waals surface area contributed by atoms with Gasteiger partial charge in [-0.3, -0.25) is 0 Å². The molecule has 1 aromatic rings. The molecule has 0 saturated heterocycles. The zero-order chi connectivity index (χ0) is 15.4. The van der Waals surface area contributed by atoms with Crippen LogP contribution < -0.4 is 4.74 Å². The monoisotopic (exact) mass is 287 g/mol. The molecule has 0 radical (unpaired) electrons. The van der Waals surface area contributed by atoms with Gasteiger partial charge in [-0.05, 0) is 32.0 Å². The minimum atomic E-state index is -4.56. The Bertz CT molecular complexity index is 504. The number of alkyl halides is 3. The molecule has 0 amide bonds. The second kappa shape index (κ2) is 6.14. The minimum absolute atomic E-state index is 0.0538. The topological polar surface area (TPSA) is 42.2 Å². The van der Waals surface area contributed by atoms with Crippen molar-refractivity contribution >= 4 is 0 Å². The molecule has 0 atom stereocenters. The average Bonchev–Trinajstić information content (AvgIpc) is 2.37. The van der Waals surface area contributed by atoms with Crippen molar-refractivity contribution in [2.24, 2.45) is 0 Å². The molecule has 0 aliphatic carbocycles. The van der Waals surface area contributed by atoms with Gasteiger partial charge in [0.25, 0.3) is 0 Å². The van der Waals surface area contributed by atoms with Crippen LogP contribution in [0.25, 0.3) is 0 Å². The van der Waals surface area contributed by atoms with Crippen molar-refractivity contribution in [3.05, 3.63) is 29.3 Å². The van der Waals surface area contributed by atoms with E-state index in [1.54, 1.807) is 6.07 Å². The molecule has 0 spiro atoms. The van der Waals surface area contributed by atoms with Gasteiger partial charge in [-0.25, -0.2) is 0 Å². The van der Waals surface area contributed by atoms with Gasteiger partial charge in [0, 0.05) is 13.5 Å². The van der Waals surface area contributed by atoms with Crippen LogP contribution in [0, 0.1) is 11.3 Å². The molecule has 0 fully saturated rings. The molecule has 1 aromatic carbocycles. The normalized spacial score (nSPS) is 12.1. The second-order valence-corrected chi connectivity index (χ2v) is 4.88. The highest BCUT2D eigenvalue weighted by atomic mass is 19.4. The maximum absolute atomic E-state index is 12.9. The first-order chi connectivity index (χ1) is 9.19. The number of nitriles is 1. The fraction of sp³-hybridized carbons (Fsp3) is 0.500. The van der Waals surface area contributed by atoms with Crippen LogP contribution in [0.15, 0.2) is 18.2 Å². The summed E-state index contributed by atoms with van der Waals surface area (Å²) in [6.45, 7) is 3.73. The van der Waals surface area contributed by atoms with Gasteiger partial charge in [0.05, 0.1) is 29.4 Å². The van der Waals surface area contributed by atoms with Crippen molar-refractivity contribution in [1.29, 1.82) is 5.26 Å². The lowest BCUT2D eigenvalue weighted by Crippen LogP contribution is -2.25. The van der Waals surface area contributed by atoms with E-state index in [1.165, 1.54) is 19.2 Å². The van der Waals surface area contributed by atoms with E-state index in [1.807, 2.05) is 13.8 Å². The first kappa shape index (κ1) is 16.3. The molecular weight excluding hydrogens is 271 g/mol. The number of methoxy groups -OCH3 is 1. The van der Waals surface area contributed by atoms with Crippen molar-refractivity contribution in [1.82, 2.24) is 0 Å². The van der Waals surface area contributed by atoms with E-state index in [9.17, 15) is 13.2 Å². The molecule has 1 rings (SSSR count). The standard InChI is InChI=1S/C14H16F3NO2/c1-13(2,19-3)6-7-20-12-5-4-10(9-18)8-11(12)14(15,16)17/h4-5,8H,6-7H2,1-3H3. The zero-order valence-electron chi connectivity index (χ0n) is 11.5. The van der Waals surface area contributed by atoms with Gasteiger partial charge < -0.3 is 9.47 Å². The Morgan fingerprint density at radius 2 is 1.90 bits per heavy atom.